The van der Waals surface area contributed by atoms with Crippen LogP contribution in [0.2, 0.25) is 0 Å². The van der Waals surface area contributed by atoms with E-state index in [0.29, 0.717) is 29.3 Å². The number of hydrogen-bond donors (Lipinski definition) is 2. The van der Waals surface area contributed by atoms with Crippen molar-refractivity contribution in [1.82, 2.24) is 5.32 Å². The van der Waals surface area contributed by atoms with Gasteiger partial charge in [0.15, 0.2) is 0 Å². The third kappa shape index (κ3) is 8.08. The lowest BCUT2D eigenvalue weighted by Gasteiger charge is -2.16. The van der Waals surface area contributed by atoms with Crippen LogP contribution in [0.15, 0.2) is 114 Å². The molecule has 1 aliphatic rings. The summed E-state index contributed by atoms with van der Waals surface area (Å²) < 4.78 is 20.1. The fourth-order valence-corrected chi connectivity index (χ4v) is 5.72. The van der Waals surface area contributed by atoms with Gasteiger partial charge in [0.1, 0.15) is 17.3 Å². The van der Waals surface area contributed by atoms with E-state index in [-0.39, 0.29) is 29.5 Å². The Balaban J connectivity index is 1.24. The molecule has 0 aliphatic carbocycles. The average molecular weight is 638 g/mol. The molecule has 0 spiro atoms. The Bertz CT molecular complexity index is 1740. The molecule has 0 bridgehead atoms. The monoisotopic (exact) mass is 637 g/mol. The number of benzene rings is 4. The van der Waals surface area contributed by atoms with Crippen molar-refractivity contribution >= 4 is 52.8 Å². The van der Waals surface area contributed by atoms with Crippen LogP contribution in [-0.2, 0) is 14.4 Å². The van der Waals surface area contributed by atoms with Gasteiger partial charge in [0.05, 0.1) is 17.5 Å². The molecule has 4 aromatic carbocycles. The summed E-state index contributed by atoms with van der Waals surface area (Å²) in [6.07, 6.45) is 3.30. The summed E-state index contributed by atoms with van der Waals surface area (Å²) in [5.74, 6) is -1.62. The average Bonchev–Trinajstić information content (AvgIpc) is 3.35. The number of amides is 4. The van der Waals surface area contributed by atoms with Crippen LogP contribution in [0.1, 0.15) is 42.1 Å². The normalized spacial score (nSPS) is 14.7. The fraction of sp³-hybridized carbons (Fsp3) is 0.167. The first-order valence-corrected chi connectivity index (χ1v) is 15.7. The maximum absolute atomic E-state index is 14.4. The summed E-state index contributed by atoms with van der Waals surface area (Å²) in [5, 5.41) is 4.72. The first kappa shape index (κ1) is 32.2. The fourth-order valence-electron chi connectivity index (χ4n) is 4.66. The molecule has 1 fully saturated rings. The number of unbranched alkanes of at least 4 members (excludes halogenated alkanes) is 1. The van der Waals surface area contributed by atoms with Gasteiger partial charge in [-0.15, -0.1) is 11.8 Å². The maximum atomic E-state index is 14.4. The van der Waals surface area contributed by atoms with Gasteiger partial charge in [-0.05, 0) is 79.2 Å². The Morgan fingerprint density at radius 3 is 2.33 bits per heavy atom. The summed E-state index contributed by atoms with van der Waals surface area (Å²) >= 11 is 1.26. The largest absolute Gasteiger partial charge is 0.494 e. The van der Waals surface area contributed by atoms with E-state index in [1.807, 2.05) is 0 Å². The number of halogens is 1. The van der Waals surface area contributed by atoms with Gasteiger partial charge in [0.25, 0.3) is 11.8 Å². The maximum Gasteiger partial charge on any atom is 0.272 e. The van der Waals surface area contributed by atoms with E-state index in [0.717, 1.165) is 17.7 Å². The first-order valence-electron chi connectivity index (χ1n) is 14.8. The van der Waals surface area contributed by atoms with E-state index in [4.69, 9.17) is 4.74 Å². The Kier molecular flexibility index (Phi) is 10.6. The number of nitrogens with one attached hydrogen (secondary N) is 2. The molecule has 0 aromatic heterocycles. The number of ether oxygens (including phenoxy) is 1. The Labute approximate surface area is 270 Å². The predicted molar refractivity (Wildman–Crippen MR) is 177 cm³/mol. The van der Waals surface area contributed by atoms with Crippen molar-refractivity contribution in [2.45, 2.75) is 36.3 Å². The van der Waals surface area contributed by atoms with E-state index in [1.54, 1.807) is 84.9 Å². The number of thioether (sulfide) groups is 1. The highest BCUT2D eigenvalue weighted by Gasteiger charge is 2.40. The Hall–Kier alpha value is -5.22. The molecule has 1 unspecified atom stereocenters. The molecular formula is C36H32FN3O5S. The first-order chi connectivity index (χ1) is 22.3. The van der Waals surface area contributed by atoms with Crippen molar-refractivity contribution in [3.05, 3.63) is 126 Å². The number of carbonyl (C=O) groups is 4. The lowest BCUT2D eigenvalue weighted by Crippen LogP contribution is -2.31. The van der Waals surface area contributed by atoms with Crippen molar-refractivity contribution in [1.29, 1.82) is 0 Å². The van der Waals surface area contributed by atoms with E-state index in [1.165, 1.54) is 40.9 Å². The number of nitrogens with zero attached hydrogens (tertiary/aromatic N) is 1. The molecular weight excluding hydrogens is 605 g/mol. The van der Waals surface area contributed by atoms with Crippen molar-refractivity contribution in [3.63, 3.8) is 0 Å². The highest BCUT2D eigenvalue weighted by molar-refractivity contribution is 8.00. The molecule has 46 heavy (non-hydrogen) atoms. The van der Waals surface area contributed by atoms with Crippen LogP contribution in [-0.4, -0.2) is 35.5 Å². The molecule has 10 heteroatoms. The molecule has 0 saturated carbocycles. The van der Waals surface area contributed by atoms with Crippen molar-refractivity contribution in [2.24, 2.45) is 0 Å². The minimum atomic E-state index is -0.651. The smallest absolute Gasteiger partial charge is 0.272 e. The Morgan fingerprint density at radius 1 is 0.935 bits per heavy atom. The van der Waals surface area contributed by atoms with Gasteiger partial charge in [-0.2, -0.15) is 0 Å². The second-order valence-corrected chi connectivity index (χ2v) is 11.7. The number of imide groups is 1. The zero-order valence-electron chi connectivity index (χ0n) is 25.1. The quantitative estimate of drug-likeness (QED) is 0.100. The zero-order valence-corrected chi connectivity index (χ0v) is 25.9. The molecule has 0 radical (unpaired) electrons. The zero-order chi connectivity index (χ0) is 32.5. The van der Waals surface area contributed by atoms with Crippen LogP contribution < -0.4 is 20.3 Å². The molecule has 1 aliphatic heterocycles. The van der Waals surface area contributed by atoms with Gasteiger partial charge < -0.3 is 15.4 Å². The minimum Gasteiger partial charge on any atom is -0.494 e. The number of anilines is 2. The third-order valence-corrected chi connectivity index (χ3v) is 8.29. The summed E-state index contributed by atoms with van der Waals surface area (Å²) in [6.45, 7) is 2.69. The van der Waals surface area contributed by atoms with Gasteiger partial charge in [0, 0.05) is 28.1 Å². The summed E-state index contributed by atoms with van der Waals surface area (Å²) in [4.78, 5) is 54.0. The standard InChI is InChI=1S/C36H32FN3O5S/c1-2-3-21-45-28-17-15-27(16-18-28)40-33(41)23-32(36(40)44)46-29-19-13-26(14-20-29)38-35(43)31(22-25-11-7-8-12-30(25)37)39-34(42)24-9-5-4-6-10-24/h4-20,22,32H,2-3,21,23H2,1H3,(H,38,43)(H,39,42)/b31-22-. The second kappa shape index (κ2) is 15.2. The predicted octanol–water partition coefficient (Wildman–Crippen LogP) is 6.84. The topological polar surface area (TPSA) is 105 Å². The van der Waals surface area contributed by atoms with Gasteiger partial charge in [0.2, 0.25) is 11.8 Å². The third-order valence-electron chi connectivity index (χ3n) is 7.09. The summed E-state index contributed by atoms with van der Waals surface area (Å²) in [6, 6.07) is 28.0. The second-order valence-electron chi connectivity index (χ2n) is 10.5. The van der Waals surface area contributed by atoms with E-state index < -0.39 is 22.9 Å². The van der Waals surface area contributed by atoms with Gasteiger partial charge in [-0.25, -0.2) is 9.29 Å². The summed E-state index contributed by atoms with van der Waals surface area (Å²) in [7, 11) is 0. The van der Waals surface area contributed by atoms with Crippen LogP contribution in [0.3, 0.4) is 0 Å². The van der Waals surface area contributed by atoms with Crippen LogP contribution in [0, 0.1) is 5.82 Å². The van der Waals surface area contributed by atoms with E-state index in [9.17, 15) is 23.6 Å². The van der Waals surface area contributed by atoms with Crippen molar-refractivity contribution < 1.29 is 28.3 Å². The molecule has 2 N–H and O–H groups in total. The summed E-state index contributed by atoms with van der Waals surface area (Å²) in [5.41, 5.74) is 1.24. The van der Waals surface area contributed by atoms with Crippen LogP contribution in [0.4, 0.5) is 15.8 Å². The lowest BCUT2D eigenvalue weighted by atomic mass is 10.1. The highest BCUT2D eigenvalue weighted by atomic mass is 32.2. The molecule has 1 heterocycles. The van der Waals surface area contributed by atoms with E-state index >= 15 is 0 Å². The van der Waals surface area contributed by atoms with Gasteiger partial charge in [-0.3, -0.25) is 19.2 Å². The molecule has 1 saturated heterocycles. The van der Waals surface area contributed by atoms with Crippen LogP contribution in [0.5, 0.6) is 5.75 Å². The molecule has 8 nitrogen and oxygen atoms in total. The van der Waals surface area contributed by atoms with Crippen LogP contribution >= 0.6 is 11.8 Å². The molecule has 1 atom stereocenters. The Morgan fingerprint density at radius 2 is 1.63 bits per heavy atom. The lowest BCUT2D eigenvalue weighted by molar-refractivity contribution is -0.121. The van der Waals surface area contributed by atoms with Gasteiger partial charge >= 0.3 is 0 Å². The van der Waals surface area contributed by atoms with Crippen molar-refractivity contribution in [2.75, 3.05) is 16.8 Å². The SMILES string of the molecule is CCCCOc1ccc(N2C(=O)CC(Sc3ccc(NC(=O)/C(=C/c4ccccc4F)NC(=O)c4ccccc4)cc3)C2=O)cc1. The minimum absolute atomic E-state index is 0.0576. The van der Waals surface area contributed by atoms with E-state index in [2.05, 4.69) is 17.6 Å². The number of hydrogen-bond acceptors (Lipinski definition) is 6. The van der Waals surface area contributed by atoms with Crippen LogP contribution in [0.25, 0.3) is 6.08 Å². The molecule has 5 rings (SSSR count). The highest BCUT2D eigenvalue weighted by Crippen LogP contribution is 2.35. The molecule has 234 valence electrons. The number of rotatable bonds is 12. The molecule has 4 amide bonds. The van der Waals surface area contributed by atoms with Crippen molar-refractivity contribution in [3.8, 4) is 5.75 Å². The number of carbonyl (C=O) groups excluding carboxylic acids is 4. The molecule has 4 aromatic rings. The van der Waals surface area contributed by atoms with Gasteiger partial charge in [-0.1, -0.05) is 49.7 Å².